The van der Waals surface area contributed by atoms with E-state index in [1.807, 2.05) is 27.2 Å². The zero-order chi connectivity index (χ0) is 7.78. The van der Waals surface area contributed by atoms with E-state index in [2.05, 4.69) is 0 Å². The minimum Gasteiger partial charge on any atom is -0.460 e. The van der Waals surface area contributed by atoms with Crippen LogP contribution in [0.5, 0.6) is 0 Å². The Labute approximate surface area is 61.6 Å². The van der Waals surface area contributed by atoms with Crippen LogP contribution >= 0.6 is 0 Å². The van der Waals surface area contributed by atoms with Gasteiger partial charge in [-0.3, -0.25) is 4.79 Å². The SMILES string of the molecule is CC(C)(C)OC(=O)C1[CH]C1. The minimum absolute atomic E-state index is 0.0764. The van der Waals surface area contributed by atoms with Crippen LogP contribution in [-0.2, 0) is 9.53 Å². The Hall–Kier alpha value is -0.530. The highest BCUT2D eigenvalue weighted by Crippen LogP contribution is 2.30. The van der Waals surface area contributed by atoms with Crippen LogP contribution in [0.4, 0.5) is 0 Å². The Kier molecular flexibility index (Phi) is 1.71. The minimum atomic E-state index is -0.326. The fraction of sp³-hybridized carbons (Fsp3) is 0.750. The summed E-state index contributed by atoms with van der Waals surface area (Å²) in [7, 11) is 0. The molecule has 0 heterocycles. The molecular formula is C8H13O2. The topological polar surface area (TPSA) is 26.3 Å². The highest BCUT2D eigenvalue weighted by molar-refractivity contribution is 5.77. The van der Waals surface area contributed by atoms with Gasteiger partial charge in [-0.15, -0.1) is 0 Å². The monoisotopic (exact) mass is 141 g/mol. The van der Waals surface area contributed by atoms with E-state index in [1.54, 1.807) is 0 Å². The lowest BCUT2D eigenvalue weighted by molar-refractivity contribution is -0.156. The second kappa shape index (κ2) is 2.26. The van der Waals surface area contributed by atoms with Gasteiger partial charge in [0.15, 0.2) is 0 Å². The third kappa shape index (κ3) is 2.38. The molecule has 0 aromatic carbocycles. The highest BCUT2D eigenvalue weighted by atomic mass is 16.6. The molecule has 1 fully saturated rings. The van der Waals surface area contributed by atoms with Gasteiger partial charge >= 0.3 is 5.97 Å². The summed E-state index contributed by atoms with van der Waals surface area (Å²) in [6.07, 6.45) is 2.85. The molecule has 0 aromatic rings. The maximum Gasteiger partial charge on any atom is 0.309 e. The molecule has 1 aliphatic rings. The Morgan fingerprint density at radius 2 is 2.10 bits per heavy atom. The predicted molar refractivity (Wildman–Crippen MR) is 38.3 cm³/mol. The number of carbonyl (C=O) groups excluding carboxylic acids is 1. The van der Waals surface area contributed by atoms with E-state index in [-0.39, 0.29) is 17.5 Å². The molecule has 0 amide bonds. The molecule has 2 nitrogen and oxygen atoms in total. The number of hydrogen-bond donors (Lipinski definition) is 0. The van der Waals surface area contributed by atoms with Crippen molar-refractivity contribution >= 4 is 5.97 Å². The van der Waals surface area contributed by atoms with Gasteiger partial charge in [-0.05, 0) is 33.6 Å². The average Bonchev–Trinajstić information content (AvgIpc) is 2.35. The average molecular weight is 141 g/mol. The fourth-order valence-corrected chi connectivity index (χ4v) is 0.638. The summed E-state index contributed by atoms with van der Waals surface area (Å²) in [6.45, 7) is 5.65. The smallest absolute Gasteiger partial charge is 0.309 e. The van der Waals surface area contributed by atoms with Gasteiger partial charge in [0, 0.05) is 0 Å². The molecule has 0 aliphatic heterocycles. The number of hydrogen-bond acceptors (Lipinski definition) is 2. The molecule has 1 aliphatic carbocycles. The maximum atomic E-state index is 11.0. The van der Waals surface area contributed by atoms with Crippen LogP contribution in [-0.4, -0.2) is 11.6 Å². The van der Waals surface area contributed by atoms with Gasteiger partial charge in [-0.25, -0.2) is 0 Å². The lowest BCUT2D eigenvalue weighted by Crippen LogP contribution is -2.24. The molecule has 1 saturated carbocycles. The van der Waals surface area contributed by atoms with Gasteiger partial charge in [-0.2, -0.15) is 0 Å². The van der Waals surface area contributed by atoms with Crippen molar-refractivity contribution in [3.63, 3.8) is 0 Å². The molecule has 1 atom stereocenters. The van der Waals surface area contributed by atoms with Gasteiger partial charge in [0.25, 0.3) is 0 Å². The highest BCUT2D eigenvalue weighted by Gasteiger charge is 2.33. The van der Waals surface area contributed by atoms with E-state index in [9.17, 15) is 4.79 Å². The number of ether oxygens (including phenoxy) is 1. The van der Waals surface area contributed by atoms with E-state index in [4.69, 9.17) is 4.74 Å². The van der Waals surface area contributed by atoms with Gasteiger partial charge < -0.3 is 4.74 Å². The van der Waals surface area contributed by atoms with Crippen LogP contribution in [0.1, 0.15) is 27.2 Å². The van der Waals surface area contributed by atoms with E-state index in [1.165, 1.54) is 0 Å². The van der Waals surface area contributed by atoms with Gasteiger partial charge in [-0.1, -0.05) is 0 Å². The summed E-state index contributed by atoms with van der Waals surface area (Å²) in [5.41, 5.74) is -0.326. The largest absolute Gasteiger partial charge is 0.460 e. The fourth-order valence-electron chi connectivity index (χ4n) is 0.638. The van der Waals surface area contributed by atoms with Crippen molar-refractivity contribution in [1.29, 1.82) is 0 Å². The first-order chi connectivity index (χ1) is 4.49. The predicted octanol–water partition coefficient (Wildman–Crippen LogP) is 1.55. The Morgan fingerprint density at radius 1 is 1.60 bits per heavy atom. The molecule has 0 bridgehead atoms. The van der Waals surface area contributed by atoms with E-state index >= 15 is 0 Å². The molecule has 10 heavy (non-hydrogen) atoms. The molecule has 0 saturated heterocycles. The lowest BCUT2D eigenvalue weighted by Gasteiger charge is -2.18. The molecule has 1 unspecified atom stereocenters. The van der Waals surface area contributed by atoms with Crippen LogP contribution in [0, 0.1) is 12.3 Å². The Bertz CT molecular complexity index is 140. The third-order valence-corrected chi connectivity index (χ3v) is 1.18. The first kappa shape index (κ1) is 7.58. The summed E-state index contributed by atoms with van der Waals surface area (Å²) in [6, 6.07) is 0. The van der Waals surface area contributed by atoms with Crippen LogP contribution in [0.15, 0.2) is 0 Å². The van der Waals surface area contributed by atoms with E-state index in [0.717, 1.165) is 6.42 Å². The van der Waals surface area contributed by atoms with Crippen molar-refractivity contribution in [1.82, 2.24) is 0 Å². The lowest BCUT2D eigenvalue weighted by atomic mass is 10.2. The third-order valence-electron chi connectivity index (χ3n) is 1.18. The summed E-state index contributed by atoms with van der Waals surface area (Å²) in [5, 5.41) is 0. The summed E-state index contributed by atoms with van der Waals surface area (Å²) in [4.78, 5) is 11.0. The van der Waals surface area contributed by atoms with E-state index in [0.29, 0.717) is 0 Å². The summed E-state index contributed by atoms with van der Waals surface area (Å²) in [5.74, 6) is 0.0201. The molecule has 1 rings (SSSR count). The standard InChI is InChI=1S/C8H13O2/c1-8(2,3)10-7(9)6-4-5-6/h4,6H,5H2,1-3H3. The van der Waals surface area contributed by atoms with Crippen molar-refractivity contribution in [2.75, 3.05) is 0 Å². The molecule has 0 aromatic heterocycles. The Balaban J connectivity index is 2.30. The molecular weight excluding hydrogens is 128 g/mol. The quantitative estimate of drug-likeness (QED) is 0.518. The maximum absolute atomic E-state index is 11.0. The van der Waals surface area contributed by atoms with Crippen molar-refractivity contribution < 1.29 is 9.53 Å². The van der Waals surface area contributed by atoms with Crippen molar-refractivity contribution in [3.05, 3.63) is 6.42 Å². The second-order valence-electron chi connectivity index (χ2n) is 3.61. The number of esters is 1. The number of rotatable bonds is 1. The second-order valence-corrected chi connectivity index (χ2v) is 3.61. The van der Waals surface area contributed by atoms with Crippen LogP contribution in [0.2, 0.25) is 0 Å². The Morgan fingerprint density at radius 3 is 2.40 bits per heavy atom. The van der Waals surface area contributed by atoms with Crippen molar-refractivity contribution in [2.24, 2.45) is 5.92 Å². The van der Waals surface area contributed by atoms with Crippen LogP contribution in [0.3, 0.4) is 0 Å². The van der Waals surface area contributed by atoms with Gasteiger partial charge in [0.05, 0.1) is 5.92 Å². The van der Waals surface area contributed by atoms with Crippen LogP contribution in [0.25, 0.3) is 0 Å². The molecule has 57 valence electrons. The summed E-state index contributed by atoms with van der Waals surface area (Å²) < 4.78 is 5.09. The van der Waals surface area contributed by atoms with Gasteiger partial charge in [0.1, 0.15) is 5.60 Å². The van der Waals surface area contributed by atoms with E-state index < -0.39 is 0 Å². The zero-order valence-electron chi connectivity index (χ0n) is 6.68. The normalized spacial score (nSPS) is 18.7. The first-order valence-corrected chi connectivity index (χ1v) is 3.55. The first-order valence-electron chi connectivity index (χ1n) is 3.55. The van der Waals surface area contributed by atoms with Crippen LogP contribution < -0.4 is 0 Å². The molecule has 1 radical (unpaired) electrons. The van der Waals surface area contributed by atoms with Crippen molar-refractivity contribution in [3.8, 4) is 0 Å². The zero-order valence-corrected chi connectivity index (χ0v) is 6.68. The van der Waals surface area contributed by atoms with Crippen molar-refractivity contribution in [2.45, 2.75) is 32.8 Å². The summed E-state index contributed by atoms with van der Waals surface area (Å²) >= 11 is 0. The number of carbonyl (C=O) groups is 1. The molecule has 0 spiro atoms. The molecule has 2 heteroatoms. The van der Waals surface area contributed by atoms with Gasteiger partial charge in [0.2, 0.25) is 0 Å². The molecule has 0 N–H and O–H groups in total.